The molecule has 0 atom stereocenters. The van der Waals surface area contributed by atoms with E-state index in [4.69, 9.17) is 0 Å². The molecular formula is C17H22. The van der Waals surface area contributed by atoms with E-state index in [-0.39, 0.29) is 0 Å². The third-order valence-corrected chi connectivity index (χ3v) is 3.78. The summed E-state index contributed by atoms with van der Waals surface area (Å²) in [5.41, 5.74) is 4.73. The summed E-state index contributed by atoms with van der Waals surface area (Å²) in [5.74, 6) is 0. The zero-order valence-corrected chi connectivity index (χ0v) is 11.2. The van der Waals surface area contributed by atoms with E-state index in [1.165, 1.54) is 30.4 Å². The Labute approximate surface area is 105 Å². The number of allylic oxidation sites excluding steroid dienone is 3. The fourth-order valence-corrected chi connectivity index (χ4v) is 2.75. The molecule has 0 saturated carbocycles. The maximum atomic E-state index is 2.36. The van der Waals surface area contributed by atoms with Crippen molar-refractivity contribution in [2.45, 2.75) is 40.0 Å². The van der Waals surface area contributed by atoms with Crippen molar-refractivity contribution >= 4 is 6.08 Å². The molecule has 0 radical (unpaired) electrons. The van der Waals surface area contributed by atoms with Crippen molar-refractivity contribution in [2.75, 3.05) is 0 Å². The van der Waals surface area contributed by atoms with Crippen molar-refractivity contribution in [3.8, 4) is 0 Å². The van der Waals surface area contributed by atoms with Crippen LogP contribution in [-0.2, 0) is 0 Å². The van der Waals surface area contributed by atoms with Crippen molar-refractivity contribution in [1.29, 1.82) is 0 Å². The highest BCUT2D eigenvalue weighted by atomic mass is 14.3. The Bertz CT molecular complexity index is 432. The molecular weight excluding hydrogens is 204 g/mol. The van der Waals surface area contributed by atoms with Gasteiger partial charge in [-0.1, -0.05) is 61.9 Å². The van der Waals surface area contributed by atoms with Gasteiger partial charge in [0.2, 0.25) is 0 Å². The average molecular weight is 226 g/mol. The van der Waals surface area contributed by atoms with Gasteiger partial charge in [0.05, 0.1) is 0 Å². The van der Waals surface area contributed by atoms with Gasteiger partial charge in [-0.3, -0.25) is 0 Å². The third-order valence-electron chi connectivity index (χ3n) is 3.78. The summed E-state index contributed by atoms with van der Waals surface area (Å²) < 4.78 is 0. The summed E-state index contributed by atoms with van der Waals surface area (Å²) in [4.78, 5) is 0. The fourth-order valence-electron chi connectivity index (χ4n) is 2.75. The second-order valence-electron chi connectivity index (χ2n) is 5.68. The van der Waals surface area contributed by atoms with Gasteiger partial charge in [-0.25, -0.2) is 0 Å². The maximum absolute atomic E-state index is 2.36. The molecule has 0 aromatic heterocycles. The highest BCUT2D eigenvalue weighted by Crippen LogP contribution is 2.40. The first-order valence-electron chi connectivity index (χ1n) is 6.53. The molecule has 0 bridgehead atoms. The number of rotatable bonds is 2. The van der Waals surface area contributed by atoms with Crippen LogP contribution in [0, 0.1) is 5.41 Å². The lowest BCUT2D eigenvalue weighted by molar-refractivity contribution is 0.377. The molecule has 90 valence electrons. The Morgan fingerprint density at radius 3 is 2.41 bits per heavy atom. The summed E-state index contributed by atoms with van der Waals surface area (Å²) >= 11 is 0. The normalized spacial score (nSPS) is 19.9. The van der Waals surface area contributed by atoms with E-state index in [0.717, 1.165) is 0 Å². The Hall–Kier alpha value is -1.30. The highest BCUT2D eigenvalue weighted by Gasteiger charge is 2.26. The monoisotopic (exact) mass is 226 g/mol. The molecule has 0 unspecified atom stereocenters. The number of benzene rings is 1. The first-order chi connectivity index (χ1) is 8.09. The van der Waals surface area contributed by atoms with Gasteiger partial charge < -0.3 is 0 Å². The van der Waals surface area contributed by atoms with Gasteiger partial charge in [0, 0.05) is 0 Å². The Kier molecular flexibility index (Phi) is 3.51. The van der Waals surface area contributed by atoms with Crippen LogP contribution in [0.1, 0.15) is 45.6 Å². The molecule has 1 aliphatic rings. The van der Waals surface area contributed by atoms with Crippen LogP contribution in [0.15, 0.2) is 47.6 Å². The molecule has 0 heteroatoms. The van der Waals surface area contributed by atoms with Gasteiger partial charge in [-0.05, 0) is 42.7 Å². The van der Waals surface area contributed by atoms with Crippen molar-refractivity contribution in [3.63, 3.8) is 0 Å². The molecule has 0 N–H and O–H groups in total. The molecule has 0 spiro atoms. The SMILES string of the molecule is CC1=C(C=Cc2ccccc2)C(C)(C)CCC1. The van der Waals surface area contributed by atoms with Crippen molar-refractivity contribution in [3.05, 3.63) is 53.1 Å². The van der Waals surface area contributed by atoms with E-state index in [9.17, 15) is 0 Å². The molecule has 2 rings (SSSR count). The summed E-state index contributed by atoms with van der Waals surface area (Å²) in [6.07, 6.45) is 8.47. The van der Waals surface area contributed by atoms with Crippen LogP contribution < -0.4 is 0 Å². The predicted molar refractivity (Wildman–Crippen MR) is 75.8 cm³/mol. The Morgan fingerprint density at radius 1 is 1.06 bits per heavy atom. The first-order valence-corrected chi connectivity index (χ1v) is 6.53. The van der Waals surface area contributed by atoms with Gasteiger partial charge >= 0.3 is 0 Å². The summed E-state index contributed by atoms with van der Waals surface area (Å²) in [7, 11) is 0. The zero-order valence-electron chi connectivity index (χ0n) is 11.2. The van der Waals surface area contributed by atoms with Gasteiger partial charge in [0.1, 0.15) is 0 Å². The lowest BCUT2D eigenvalue weighted by Crippen LogP contribution is -2.18. The minimum atomic E-state index is 0.341. The highest BCUT2D eigenvalue weighted by molar-refractivity contribution is 5.54. The van der Waals surface area contributed by atoms with Crippen LogP contribution in [0.2, 0.25) is 0 Å². The maximum Gasteiger partial charge on any atom is -0.0104 e. The van der Waals surface area contributed by atoms with Crippen molar-refractivity contribution in [1.82, 2.24) is 0 Å². The van der Waals surface area contributed by atoms with Gasteiger partial charge in [-0.2, -0.15) is 0 Å². The predicted octanol–water partition coefficient (Wildman–Crippen LogP) is 5.23. The molecule has 1 aliphatic carbocycles. The minimum Gasteiger partial charge on any atom is -0.0696 e. The topological polar surface area (TPSA) is 0 Å². The molecule has 1 aromatic carbocycles. The number of hydrogen-bond donors (Lipinski definition) is 0. The largest absolute Gasteiger partial charge is 0.0696 e. The van der Waals surface area contributed by atoms with Crippen LogP contribution in [0.5, 0.6) is 0 Å². The molecule has 1 aromatic rings. The van der Waals surface area contributed by atoms with E-state index >= 15 is 0 Å². The molecule has 0 heterocycles. The standard InChI is InChI=1S/C17H22/c1-14-8-7-13-17(2,3)16(14)12-11-15-9-5-4-6-10-15/h4-6,9-12H,7-8,13H2,1-3H3. The zero-order chi connectivity index (χ0) is 12.3. The second-order valence-corrected chi connectivity index (χ2v) is 5.68. The molecule has 0 aliphatic heterocycles. The Morgan fingerprint density at radius 2 is 1.76 bits per heavy atom. The smallest absolute Gasteiger partial charge is 0.0104 e. The van der Waals surface area contributed by atoms with Crippen LogP contribution in [-0.4, -0.2) is 0 Å². The second kappa shape index (κ2) is 4.91. The van der Waals surface area contributed by atoms with Gasteiger partial charge in [-0.15, -0.1) is 0 Å². The first kappa shape index (κ1) is 12.2. The number of hydrogen-bond acceptors (Lipinski definition) is 0. The van der Waals surface area contributed by atoms with E-state index in [1.807, 2.05) is 0 Å². The molecule has 0 fully saturated rings. The van der Waals surface area contributed by atoms with E-state index in [1.54, 1.807) is 5.57 Å². The van der Waals surface area contributed by atoms with E-state index < -0.39 is 0 Å². The van der Waals surface area contributed by atoms with Gasteiger partial charge in [0.25, 0.3) is 0 Å². The minimum absolute atomic E-state index is 0.341. The van der Waals surface area contributed by atoms with Crippen LogP contribution in [0.3, 0.4) is 0 Å². The molecule has 17 heavy (non-hydrogen) atoms. The van der Waals surface area contributed by atoms with Crippen molar-refractivity contribution < 1.29 is 0 Å². The van der Waals surface area contributed by atoms with E-state index in [2.05, 4.69) is 63.3 Å². The lowest BCUT2D eigenvalue weighted by Gasteiger charge is -2.32. The molecule has 0 saturated heterocycles. The summed E-state index contributed by atoms with van der Waals surface area (Å²) in [5, 5.41) is 0. The van der Waals surface area contributed by atoms with Crippen LogP contribution >= 0.6 is 0 Å². The molecule has 0 amide bonds. The summed E-state index contributed by atoms with van der Waals surface area (Å²) in [6, 6.07) is 10.6. The third kappa shape index (κ3) is 2.88. The Balaban J connectivity index is 2.25. The average Bonchev–Trinajstić information content (AvgIpc) is 2.29. The van der Waals surface area contributed by atoms with Crippen molar-refractivity contribution in [2.24, 2.45) is 5.41 Å². The quantitative estimate of drug-likeness (QED) is 0.648. The van der Waals surface area contributed by atoms with Crippen LogP contribution in [0.25, 0.3) is 6.08 Å². The lowest BCUT2D eigenvalue weighted by atomic mass is 9.72. The molecule has 0 nitrogen and oxygen atoms in total. The van der Waals surface area contributed by atoms with Gasteiger partial charge in [0.15, 0.2) is 0 Å². The fraction of sp³-hybridized carbons (Fsp3) is 0.412. The van der Waals surface area contributed by atoms with Crippen LogP contribution in [0.4, 0.5) is 0 Å². The van der Waals surface area contributed by atoms with E-state index in [0.29, 0.717) is 5.41 Å². The summed E-state index contributed by atoms with van der Waals surface area (Å²) in [6.45, 7) is 7.01.